The third kappa shape index (κ3) is 4.63. The SMILES string of the molecule is CCOC(=O)/C=C/c1cc(-c2cnccn2)c(Cl)cc1NC(C)=O. The number of anilines is 1. The van der Waals surface area contributed by atoms with Gasteiger partial charge in [0.1, 0.15) is 0 Å². The number of nitrogens with one attached hydrogen (secondary N) is 1. The summed E-state index contributed by atoms with van der Waals surface area (Å²) in [7, 11) is 0. The first-order valence-electron chi connectivity index (χ1n) is 7.23. The second kappa shape index (κ2) is 8.21. The van der Waals surface area contributed by atoms with Gasteiger partial charge in [0.05, 0.1) is 23.5 Å². The molecule has 0 fully saturated rings. The molecule has 0 atom stereocenters. The van der Waals surface area contributed by atoms with E-state index in [1.807, 2.05) is 0 Å². The predicted molar refractivity (Wildman–Crippen MR) is 92.4 cm³/mol. The van der Waals surface area contributed by atoms with Crippen molar-refractivity contribution in [2.45, 2.75) is 13.8 Å². The lowest BCUT2D eigenvalue weighted by Gasteiger charge is -2.11. The molecule has 1 N–H and O–H groups in total. The van der Waals surface area contributed by atoms with E-state index in [1.54, 1.807) is 43.7 Å². The summed E-state index contributed by atoms with van der Waals surface area (Å²) >= 11 is 6.30. The summed E-state index contributed by atoms with van der Waals surface area (Å²) < 4.78 is 4.86. The first-order valence-corrected chi connectivity index (χ1v) is 7.61. The van der Waals surface area contributed by atoms with Crippen LogP contribution in [0.3, 0.4) is 0 Å². The number of nitrogens with zero attached hydrogens (tertiary/aromatic N) is 2. The molecular weight excluding hydrogens is 330 g/mol. The molecule has 2 aromatic rings. The Balaban J connectivity index is 2.48. The molecule has 0 aliphatic heterocycles. The monoisotopic (exact) mass is 345 g/mol. The molecule has 0 aliphatic rings. The number of halogens is 1. The van der Waals surface area contributed by atoms with Gasteiger partial charge in [0, 0.05) is 36.6 Å². The molecule has 0 aliphatic carbocycles. The number of hydrogen-bond acceptors (Lipinski definition) is 5. The fourth-order valence-electron chi connectivity index (χ4n) is 2.01. The minimum Gasteiger partial charge on any atom is -0.463 e. The number of hydrogen-bond donors (Lipinski definition) is 1. The molecule has 1 amide bonds. The maximum absolute atomic E-state index is 11.5. The summed E-state index contributed by atoms with van der Waals surface area (Å²) in [6.45, 7) is 3.40. The first-order chi connectivity index (χ1) is 11.5. The van der Waals surface area contributed by atoms with Crippen LogP contribution in [0.25, 0.3) is 17.3 Å². The Morgan fingerprint density at radius 1 is 1.33 bits per heavy atom. The van der Waals surface area contributed by atoms with Gasteiger partial charge >= 0.3 is 5.97 Å². The highest BCUT2D eigenvalue weighted by atomic mass is 35.5. The van der Waals surface area contributed by atoms with Crippen LogP contribution < -0.4 is 5.32 Å². The van der Waals surface area contributed by atoms with Crippen LogP contribution >= 0.6 is 11.6 Å². The van der Waals surface area contributed by atoms with Gasteiger partial charge in [-0.15, -0.1) is 0 Å². The largest absolute Gasteiger partial charge is 0.463 e. The highest BCUT2D eigenvalue weighted by Crippen LogP contribution is 2.32. The van der Waals surface area contributed by atoms with Crippen molar-refractivity contribution in [3.8, 4) is 11.3 Å². The molecule has 24 heavy (non-hydrogen) atoms. The maximum Gasteiger partial charge on any atom is 0.330 e. The Kier molecular flexibility index (Phi) is 6.03. The number of amides is 1. The van der Waals surface area contributed by atoms with E-state index in [4.69, 9.17) is 16.3 Å². The van der Waals surface area contributed by atoms with Crippen molar-refractivity contribution < 1.29 is 14.3 Å². The van der Waals surface area contributed by atoms with Crippen LogP contribution in [0.15, 0.2) is 36.8 Å². The van der Waals surface area contributed by atoms with Crippen molar-refractivity contribution in [3.05, 3.63) is 47.4 Å². The van der Waals surface area contributed by atoms with E-state index < -0.39 is 5.97 Å². The van der Waals surface area contributed by atoms with Gasteiger partial charge in [-0.25, -0.2) is 4.79 Å². The zero-order valence-electron chi connectivity index (χ0n) is 13.2. The third-order valence-electron chi connectivity index (χ3n) is 2.97. The quantitative estimate of drug-likeness (QED) is 0.664. The summed E-state index contributed by atoms with van der Waals surface area (Å²) in [4.78, 5) is 31.1. The lowest BCUT2D eigenvalue weighted by Crippen LogP contribution is -2.07. The Hall–Kier alpha value is -2.73. The summed E-state index contributed by atoms with van der Waals surface area (Å²) in [5.41, 5.74) is 2.31. The van der Waals surface area contributed by atoms with Gasteiger partial charge in [-0.05, 0) is 30.7 Å². The maximum atomic E-state index is 11.5. The van der Waals surface area contributed by atoms with Crippen molar-refractivity contribution in [1.82, 2.24) is 9.97 Å². The van der Waals surface area contributed by atoms with Crippen molar-refractivity contribution >= 4 is 35.2 Å². The molecule has 1 aromatic carbocycles. The predicted octanol–water partition coefficient (Wildman–Crippen LogP) is 3.33. The topological polar surface area (TPSA) is 81.2 Å². The van der Waals surface area contributed by atoms with Crippen LogP contribution in [-0.4, -0.2) is 28.5 Å². The minimum absolute atomic E-state index is 0.246. The van der Waals surface area contributed by atoms with Gasteiger partial charge < -0.3 is 10.1 Å². The van der Waals surface area contributed by atoms with Gasteiger partial charge in [0.15, 0.2) is 0 Å². The molecule has 6 nitrogen and oxygen atoms in total. The first kappa shape index (κ1) is 17.6. The number of carbonyl (C=O) groups excluding carboxylic acids is 2. The molecule has 0 saturated carbocycles. The van der Waals surface area contributed by atoms with Crippen molar-refractivity contribution in [2.75, 3.05) is 11.9 Å². The normalized spacial score (nSPS) is 10.6. The fraction of sp³-hybridized carbons (Fsp3) is 0.176. The summed E-state index contributed by atoms with van der Waals surface area (Å²) in [5, 5.41) is 3.10. The molecule has 0 spiro atoms. The summed E-state index contributed by atoms with van der Waals surface area (Å²) in [6.07, 6.45) is 7.54. The standard InChI is InChI=1S/C17H16ClN3O3/c1-3-24-17(23)5-4-12-8-13(16-10-19-6-7-20-16)14(18)9-15(12)21-11(2)22/h4-10H,3H2,1-2H3,(H,21,22)/b5-4+. The minimum atomic E-state index is -0.470. The Bertz CT molecular complexity index is 776. The van der Waals surface area contributed by atoms with Crippen LogP contribution in [0.2, 0.25) is 5.02 Å². The van der Waals surface area contributed by atoms with Crippen LogP contribution in [0.5, 0.6) is 0 Å². The summed E-state index contributed by atoms with van der Waals surface area (Å²) in [6, 6.07) is 3.34. The molecule has 1 aromatic heterocycles. The van der Waals surface area contributed by atoms with Crippen LogP contribution in [-0.2, 0) is 14.3 Å². The molecule has 1 heterocycles. The van der Waals surface area contributed by atoms with E-state index in [1.165, 1.54) is 13.0 Å². The second-order valence-electron chi connectivity index (χ2n) is 4.78. The molecule has 2 rings (SSSR count). The Morgan fingerprint density at radius 2 is 2.12 bits per heavy atom. The van der Waals surface area contributed by atoms with Gasteiger partial charge in [0.2, 0.25) is 5.91 Å². The summed E-state index contributed by atoms with van der Waals surface area (Å²) in [5.74, 6) is -0.716. The van der Waals surface area contributed by atoms with Crippen molar-refractivity contribution in [3.63, 3.8) is 0 Å². The van der Waals surface area contributed by atoms with E-state index in [0.717, 1.165) is 0 Å². The number of carbonyl (C=O) groups is 2. The molecular formula is C17H16ClN3O3. The number of rotatable bonds is 5. The van der Waals surface area contributed by atoms with Gasteiger partial charge in [-0.1, -0.05) is 11.6 Å². The van der Waals surface area contributed by atoms with Crippen molar-refractivity contribution in [1.29, 1.82) is 0 Å². The molecule has 124 valence electrons. The second-order valence-corrected chi connectivity index (χ2v) is 5.18. The van der Waals surface area contributed by atoms with E-state index in [0.29, 0.717) is 27.5 Å². The average Bonchev–Trinajstić information content (AvgIpc) is 2.54. The lowest BCUT2D eigenvalue weighted by atomic mass is 10.1. The van der Waals surface area contributed by atoms with E-state index in [2.05, 4.69) is 15.3 Å². The molecule has 7 heteroatoms. The van der Waals surface area contributed by atoms with Gasteiger partial charge in [0.25, 0.3) is 0 Å². The number of aromatic nitrogens is 2. The highest BCUT2D eigenvalue weighted by molar-refractivity contribution is 6.33. The fourth-order valence-corrected chi connectivity index (χ4v) is 2.27. The molecule has 0 radical (unpaired) electrons. The highest BCUT2D eigenvalue weighted by Gasteiger charge is 2.11. The van der Waals surface area contributed by atoms with Gasteiger partial charge in [-0.2, -0.15) is 0 Å². The van der Waals surface area contributed by atoms with Crippen LogP contribution in [0.4, 0.5) is 5.69 Å². The smallest absolute Gasteiger partial charge is 0.330 e. The van der Waals surface area contributed by atoms with E-state index in [9.17, 15) is 9.59 Å². The van der Waals surface area contributed by atoms with E-state index >= 15 is 0 Å². The number of ether oxygens (including phenoxy) is 1. The Labute approximate surface area is 144 Å². The number of benzene rings is 1. The van der Waals surface area contributed by atoms with Crippen molar-refractivity contribution in [2.24, 2.45) is 0 Å². The molecule has 0 unspecified atom stereocenters. The van der Waals surface area contributed by atoms with E-state index in [-0.39, 0.29) is 12.5 Å². The van der Waals surface area contributed by atoms with Crippen LogP contribution in [0, 0.1) is 0 Å². The third-order valence-corrected chi connectivity index (χ3v) is 3.29. The zero-order valence-corrected chi connectivity index (χ0v) is 14.0. The zero-order chi connectivity index (χ0) is 17.5. The number of esters is 1. The Morgan fingerprint density at radius 3 is 2.75 bits per heavy atom. The lowest BCUT2D eigenvalue weighted by molar-refractivity contribution is -0.137. The molecule has 0 saturated heterocycles. The average molecular weight is 346 g/mol. The van der Waals surface area contributed by atoms with Gasteiger partial charge in [-0.3, -0.25) is 14.8 Å². The van der Waals surface area contributed by atoms with Crippen LogP contribution in [0.1, 0.15) is 19.4 Å². The molecule has 0 bridgehead atoms.